The molecule has 2 N–H and O–H groups in total. The maximum Gasteiger partial charge on any atom is 0.118 e. The highest BCUT2D eigenvalue weighted by atomic mass is 16.5. The second-order valence-electron chi connectivity index (χ2n) is 5.20. The molecule has 0 saturated heterocycles. The summed E-state index contributed by atoms with van der Waals surface area (Å²) in [5.74, 6) is 0.892. The van der Waals surface area contributed by atoms with Crippen molar-refractivity contribution >= 4 is 5.69 Å². The van der Waals surface area contributed by atoms with E-state index in [0.29, 0.717) is 6.54 Å². The molecule has 3 heteroatoms. The van der Waals surface area contributed by atoms with Gasteiger partial charge in [0.1, 0.15) is 5.75 Å². The topological polar surface area (TPSA) is 38.5 Å². The van der Waals surface area contributed by atoms with Gasteiger partial charge in [0.05, 0.1) is 7.11 Å². The Morgan fingerprint density at radius 1 is 1.05 bits per heavy atom. The lowest BCUT2D eigenvalue weighted by atomic mass is 10.1. The van der Waals surface area contributed by atoms with E-state index in [2.05, 4.69) is 48.2 Å². The Bertz CT molecular complexity index is 551. The predicted octanol–water partition coefficient (Wildman–Crippen LogP) is 3.36. The van der Waals surface area contributed by atoms with Gasteiger partial charge in [0.25, 0.3) is 0 Å². The van der Waals surface area contributed by atoms with Gasteiger partial charge in [0, 0.05) is 18.8 Å². The molecule has 0 spiro atoms. The van der Waals surface area contributed by atoms with Crippen molar-refractivity contribution < 1.29 is 4.74 Å². The molecule has 2 aromatic carbocycles. The number of aryl methyl sites for hydroxylation is 1. The van der Waals surface area contributed by atoms with Gasteiger partial charge in [-0.2, -0.15) is 0 Å². The standard InChI is InChI=1S/C18H24N2O/c1-15-6-3-4-7-18(15)20(13-5-12-19)14-16-8-10-17(21-2)11-9-16/h3-4,6-11H,5,12-14,19H2,1-2H3. The van der Waals surface area contributed by atoms with Gasteiger partial charge in [0.2, 0.25) is 0 Å². The van der Waals surface area contributed by atoms with Gasteiger partial charge < -0.3 is 15.4 Å². The monoisotopic (exact) mass is 284 g/mol. The first-order valence-electron chi connectivity index (χ1n) is 7.38. The highest BCUT2D eigenvalue weighted by Gasteiger charge is 2.09. The molecule has 0 unspecified atom stereocenters. The van der Waals surface area contributed by atoms with Crippen LogP contribution in [0.5, 0.6) is 5.75 Å². The lowest BCUT2D eigenvalue weighted by Gasteiger charge is -2.26. The molecule has 0 fully saturated rings. The van der Waals surface area contributed by atoms with Crippen LogP contribution < -0.4 is 15.4 Å². The van der Waals surface area contributed by atoms with Crippen LogP contribution in [0.1, 0.15) is 17.5 Å². The van der Waals surface area contributed by atoms with Gasteiger partial charge in [-0.05, 0) is 49.2 Å². The third kappa shape index (κ3) is 4.23. The van der Waals surface area contributed by atoms with E-state index < -0.39 is 0 Å². The van der Waals surface area contributed by atoms with Crippen molar-refractivity contribution in [2.45, 2.75) is 19.9 Å². The van der Waals surface area contributed by atoms with Crippen molar-refractivity contribution in [3.8, 4) is 5.75 Å². The molecule has 0 aliphatic rings. The number of anilines is 1. The van der Waals surface area contributed by atoms with Crippen LogP contribution in [-0.4, -0.2) is 20.2 Å². The van der Waals surface area contributed by atoms with Crippen molar-refractivity contribution in [2.75, 3.05) is 25.1 Å². The summed E-state index contributed by atoms with van der Waals surface area (Å²) in [5, 5.41) is 0. The Morgan fingerprint density at radius 3 is 2.38 bits per heavy atom. The van der Waals surface area contributed by atoms with Gasteiger partial charge in [-0.15, -0.1) is 0 Å². The number of para-hydroxylation sites is 1. The van der Waals surface area contributed by atoms with Crippen LogP contribution in [-0.2, 0) is 6.54 Å². The smallest absolute Gasteiger partial charge is 0.118 e. The molecule has 0 radical (unpaired) electrons. The number of ether oxygens (including phenoxy) is 1. The molecule has 21 heavy (non-hydrogen) atoms. The minimum absolute atomic E-state index is 0.713. The molecule has 0 aromatic heterocycles. The molecule has 0 aliphatic carbocycles. The van der Waals surface area contributed by atoms with E-state index in [9.17, 15) is 0 Å². The number of hydrogen-bond donors (Lipinski definition) is 1. The number of nitrogens with zero attached hydrogens (tertiary/aromatic N) is 1. The van der Waals surface area contributed by atoms with Crippen LogP contribution >= 0.6 is 0 Å². The number of hydrogen-bond acceptors (Lipinski definition) is 3. The van der Waals surface area contributed by atoms with Crippen LogP contribution in [0.3, 0.4) is 0 Å². The van der Waals surface area contributed by atoms with Gasteiger partial charge in [-0.25, -0.2) is 0 Å². The van der Waals surface area contributed by atoms with Crippen molar-refractivity contribution in [3.63, 3.8) is 0 Å². The molecule has 2 rings (SSSR count). The van der Waals surface area contributed by atoms with Crippen LogP contribution in [0, 0.1) is 6.92 Å². The molecular weight excluding hydrogens is 260 g/mol. The van der Waals surface area contributed by atoms with Crippen LogP contribution in [0.25, 0.3) is 0 Å². The fourth-order valence-electron chi connectivity index (χ4n) is 2.44. The van der Waals surface area contributed by atoms with Crippen molar-refractivity contribution in [2.24, 2.45) is 5.73 Å². The van der Waals surface area contributed by atoms with Gasteiger partial charge in [-0.1, -0.05) is 30.3 Å². The summed E-state index contributed by atoms with van der Waals surface area (Å²) in [5.41, 5.74) is 9.53. The summed E-state index contributed by atoms with van der Waals surface area (Å²) >= 11 is 0. The third-order valence-electron chi connectivity index (χ3n) is 3.62. The number of benzene rings is 2. The average Bonchev–Trinajstić information content (AvgIpc) is 2.53. The zero-order chi connectivity index (χ0) is 15.1. The number of nitrogens with two attached hydrogens (primary N) is 1. The van der Waals surface area contributed by atoms with Crippen molar-refractivity contribution in [1.29, 1.82) is 0 Å². The van der Waals surface area contributed by atoms with E-state index in [1.54, 1.807) is 7.11 Å². The van der Waals surface area contributed by atoms with Gasteiger partial charge in [-0.3, -0.25) is 0 Å². The first-order chi connectivity index (χ1) is 10.2. The minimum Gasteiger partial charge on any atom is -0.497 e. The number of rotatable bonds is 7. The molecule has 0 heterocycles. The van der Waals surface area contributed by atoms with Crippen LogP contribution in [0.2, 0.25) is 0 Å². The number of methoxy groups -OCH3 is 1. The predicted molar refractivity (Wildman–Crippen MR) is 88.9 cm³/mol. The first-order valence-corrected chi connectivity index (χ1v) is 7.38. The third-order valence-corrected chi connectivity index (χ3v) is 3.62. The summed E-state index contributed by atoms with van der Waals surface area (Å²) < 4.78 is 5.21. The lowest BCUT2D eigenvalue weighted by Crippen LogP contribution is -2.26. The van der Waals surface area contributed by atoms with Crippen molar-refractivity contribution in [1.82, 2.24) is 0 Å². The van der Waals surface area contributed by atoms with E-state index in [1.807, 2.05) is 12.1 Å². The van der Waals surface area contributed by atoms with E-state index >= 15 is 0 Å². The molecule has 112 valence electrons. The van der Waals surface area contributed by atoms with Gasteiger partial charge in [0.15, 0.2) is 0 Å². The maximum absolute atomic E-state index is 5.68. The molecule has 0 saturated carbocycles. The summed E-state index contributed by atoms with van der Waals surface area (Å²) in [6.45, 7) is 4.71. The summed E-state index contributed by atoms with van der Waals surface area (Å²) in [7, 11) is 1.69. The summed E-state index contributed by atoms with van der Waals surface area (Å²) in [6.07, 6.45) is 0.991. The Labute approximate surface area is 127 Å². The van der Waals surface area contributed by atoms with Crippen LogP contribution in [0.15, 0.2) is 48.5 Å². The average molecular weight is 284 g/mol. The lowest BCUT2D eigenvalue weighted by molar-refractivity contribution is 0.414. The molecule has 0 bridgehead atoms. The summed E-state index contributed by atoms with van der Waals surface area (Å²) in [6, 6.07) is 16.7. The van der Waals surface area contributed by atoms with E-state index in [4.69, 9.17) is 10.5 Å². The minimum atomic E-state index is 0.713. The maximum atomic E-state index is 5.68. The van der Waals surface area contributed by atoms with E-state index in [0.717, 1.165) is 25.3 Å². The first kappa shape index (κ1) is 15.4. The summed E-state index contributed by atoms with van der Waals surface area (Å²) in [4.78, 5) is 2.39. The largest absolute Gasteiger partial charge is 0.497 e. The quantitative estimate of drug-likeness (QED) is 0.847. The zero-order valence-electron chi connectivity index (χ0n) is 12.9. The zero-order valence-corrected chi connectivity index (χ0v) is 12.9. The highest BCUT2D eigenvalue weighted by Crippen LogP contribution is 2.22. The SMILES string of the molecule is COc1ccc(CN(CCCN)c2ccccc2C)cc1. The van der Waals surface area contributed by atoms with E-state index in [1.165, 1.54) is 16.8 Å². The Morgan fingerprint density at radius 2 is 1.76 bits per heavy atom. The molecule has 0 atom stereocenters. The Hall–Kier alpha value is -2.00. The fourth-order valence-corrected chi connectivity index (χ4v) is 2.44. The molecule has 0 aliphatic heterocycles. The molecule has 3 nitrogen and oxygen atoms in total. The van der Waals surface area contributed by atoms with E-state index in [-0.39, 0.29) is 0 Å². The molecule has 2 aromatic rings. The second-order valence-corrected chi connectivity index (χ2v) is 5.20. The Kier molecular flexibility index (Phi) is 5.64. The van der Waals surface area contributed by atoms with Gasteiger partial charge >= 0.3 is 0 Å². The Balaban J connectivity index is 2.17. The second kappa shape index (κ2) is 7.70. The molecular formula is C18H24N2O. The van der Waals surface area contributed by atoms with Crippen LogP contribution in [0.4, 0.5) is 5.69 Å². The molecule has 0 amide bonds. The normalized spacial score (nSPS) is 10.4. The van der Waals surface area contributed by atoms with Crippen molar-refractivity contribution in [3.05, 3.63) is 59.7 Å². The highest BCUT2D eigenvalue weighted by molar-refractivity contribution is 5.53. The fraction of sp³-hybridized carbons (Fsp3) is 0.333.